The van der Waals surface area contributed by atoms with Gasteiger partial charge in [0.2, 0.25) is 0 Å². The molecule has 3 nitrogen and oxygen atoms in total. The Morgan fingerprint density at radius 2 is 1.84 bits per heavy atom. The summed E-state index contributed by atoms with van der Waals surface area (Å²) in [6, 6.07) is 2.29. The van der Waals surface area contributed by atoms with Crippen LogP contribution in [0.4, 0.5) is 8.78 Å². The number of Topliss-reactive ketones (excluding diaryl/α,β-unsaturated/α-hetero) is 1. The molecule has 104 valence electrons. The summed E-state index contributed by atoms with van der Waals surface area (Å²) in [4.78, 5) is 11.3. The highest BCUT2D eigenvalue weighted by Gasteiger charge is 2.30. The van der Waals surface area contributed by atoms with Gasteiger partial charge < -0.3 is 9.47 Å². The first-order valence-electron chi connectivity index (χ1n) is 6.03. The van der Waals surface area contributed by atoms with E-state index in [1.165, 1.54) is 13.0 Å². The van der Waals surface area contributed by atoms with Crippen LogP contribution in [0.2, 0.25) is 0 Å². The number of carbonyl (C=O) groups is 1. The van der Waals surface area contributed by atoms with Gasteiger partial charge >= 0.3 is 0 Å². The van der Waals surface area contributed by atoms with Crippen LogP contribution in [0.5, 0.6) is 0 Å². The standard InChI is InChI=1S/C14H16F2O3/c1-8(17)10-4-9(5-11(15)12(10)16)13-18-6-14(2,3)7-19-13/h4-5,13H,6-7H2,1-3H3. The van der Waals surface area contributed by atoms with Crippen molar-refractivity contribution in [3.05, 3.63) is 34.9 Å². The van der Waals surface area contributed by atoms with E-state index in [0.29, 0.717) is 18.8 Å². The maximum Gasteiger partial charge on any atom is 0.183 e. The Kier molecular flexibility index (Phi) is 3.69. The number of hydrogen-bond donors (Lipinski definition) is 0. The van der Waals surface area contributed by atoms with Crippen LogP contribution in [0.1, 0.15) is 43.0 Å². The van der Waals surface area contributed by atoms with Gasteiger partial charge in [0.15, 0.2) is 23.7 Å². The van der Waals surface area contributed by atoms with Crippen molar-refractivity contribution < 1.29 is 23.0 Å². The van der Waals surface area contributed by atoms with Crippen LogP contribution < -0.4 is 0 Å². The highest BCUT2D eigenvalue weighted by atomic mass is 19.2. The van der Waals surface area contributed by atoms with Gasteiger partial charge in [0.25, 0.3) is 0 Å². The molecular weight excluding hydrogens is 254 g/mol. The summed E-state index contributed by atoms with van der Waals surface area (Å²) in [7, 11) is 0. The first kappa shape index (κ1) is 14.1. The smallest absolute Gasteiger partial charge is 0.183 e. The molecule has 2 rings (SSSR count). The van der Waals surface area contributed by atoms with Crippen LogP contribution >= 0.6 is 0 Å². The number of halogens is 2. The first-order valence-corrected chi connectivity index (χ1v) is 6.03. The summed E-state index contributed by atoms with van der Waals surface area (Å²) < 4.78 is 37.9. The van der Waals surface area contributed by atoms with E-state index in [4.69, 9.17) is 9.47 Å². The van der Waals surface area contributed by atoms with Gasteiger partial charge in [-0.2, -0.15) is 0 Å². The van der Waals surface area contributed by atoms with Gasteiger partial charge in [-0.25, -0.2) is 8.78 Å². The lowest BCUT2D eigenvalue weighted by Gasteiger charge is -2.34. The Labute approximate surface area is 110 Å². The van der Waals surface area contributed by atoms with Crippen LogP contribution in [0.15, 0.2) is 12.1 Å². The third kappa shape index (κ3) is 2.98. The number of ketones is 1. The van der Waals surface area contributed by atoms with Gasteiger partial charge in [-0.1, -0.05) is 13.8 Å². The molecule has 0 unspecified atom stereocenters. The highest BCUT2D eigenvalue weighted by Crippen LogP contribution is 2.32. The molecule has 0 aromatic heterocycles. The van der Waals surface area contributed by atoms with Gasteiger partial charge in [0.05, 0.1) is 18.8 Å². The zero-order chi connectivity index (χ0) is 14.2. The molecule has 5 heteroatoms. The van der Waals surface area contributed by atoms with Gasteiger partial charge in [-0.15, -0.1) is 0 Å². The third-order valence-corrected chi connectivity index (χ3v) is 2.95. The van der Waals surface area contributed by atoms with Crippen LogP contribution in [0.25, 0.3) is 0 Å². The molecule has 1 saturated heterocycles. The predicted molar refractivity (Wildman–Crippen MR) is 64.8 cm³/mol. The summed E-state index contributed by atoms with van der Waals surface area (Å²) >= 11 is 0. The number of hydrogen-bond acceptors (Lipinski definition) is 3. The fraction of sp³-hybridized carbons (Fsp3) is 0.500. The van der Waals surface area contributed by atoms with E-state index in [2.05, 4.69) is 0 Å². The molecule has 0 amide bonds. The zero-order valence-electron chi connectivity index (χ0n) is 11.1. The topological polar surface area (TPSA) is 35.5 Å². The number of ether oxygens (including phenoxy) is 2. The van der Waals surface area contributed by atoms with Crippen molar-refractivity contribution in [3.8, 4) is 0 Å². The molecule has 0 aliphatic carbocycles. The fourth-order valence-corrected chi connectivity index (χ4v) is 1.89. The summed E-state index contributed by atoms with van der Waals surface area (Å²) in [5, 5.41) is 0. The van der Waals surface area contributed by atoms with E-state index in [-0.39, 0.29) is 11.0 Å². The predicted octanol–water partition coefficient (Wildman–Crippen LogP) is 3.24. The van der Waals surface area contributed by atoms with Crippen molar-refractivity contribution in [3.63, 3.8) is 0 Å². The molecule has 0 saturated carbocycles. The van der Waals surface area contributed by atoms with Crippen LogP contribution in [-0.2, 0) is 9.47 Å². The third-order valence-electron chi connectivity index (χ3n) is 2.95. The molecule has 1 fully saturated rings. The minimum Gasteiger partial charge on any atom is -0.348 e. The van der Waals surface area contributed by atoms with Crippen LogP contribution in [-0.4, -0.2) is 19.0 Å². The lowest BCUT2D eigenvalue weighted by molar-refractivity contribution is -0.226. The Hall–Kier alpha value is -1.33. The van der Waals surface area contributed by atoms with Crippen molar-refractivity contribution in [2.24, 2.45) is 5.41 Å². The van der Waals surface area contributed by atoms with E-state index in [0.717, 1.165) is 6.07 Å². The summed E-state index contributed by atoms with van der Waals surface area (Å²) in [6.07, 6.45) is -0.763. The van der Waals surface area contributed by atoms with Crippen molar-refractivity contribution >= 4 is 5.78 Å². The van der Waals surface area contributed by atoms with Crippen LogP contribution in [0.3, 0.4) is 0 Å². The van der Waals surface area contributed by atoms with Gasteiger partial charge in [-0.3, -0.25) is 4.79 Å². The Morgan fingerprint density at radius 1 is 1.26 bits per heavy atom. The zero-order valence-corrected chi connectivity index (χ0v) is 11.1. The SMILES string of the molecule is CC(=O)c1cc(C2OCC(C)(C)CO2)cc(F)c1F. The Balaban J connectivity index is 2.29. The average Bonchev–Trinajstić information content (AvgIpc) is 2.32. The highest BCUT2D eigenvalue weighted by molar-refractivity contribution is 5.94. The maximum atomic E-state index is 13.5. The van der Waals surface area contributed by atoms with Crippen molar-refractivity contribution in [1.29, 1.82) is 0 Å². The monoisotopic (exact) mass is 270 g/mol. The Morgan fingerprint density at radius 3 is 2.37 bits per heavy atom. The molecule has 19 heavy (non-hydrogen) atoms. The molecule has 1 aromatic carbocycles. The normalized spacial score (nSPS) is 19.4. The molecule has 1 aliphatic rings. The lowest BCUT2D eigenvalue weighted by atomic mass is 9.95. The van der Waals surface area contributed by atoms with E-state index < -0.39 is 23.7 Å². The lowest BCUT2D eigenvalue weighted by Crippen LogP contribution is -2.33. The van der Waals surface area contributed by atoms with Crippen molar-refractivity contribution in [2.75, 3.05) is 13.2 Å². The second-order valence-electron chi connectivity index (χ2n) is 5.54. The van der Waals surface area contributed by atoms with Gasteiger partial charge in [0.1, 0.15) is 0 Å². The Bertz CT molecular complexity index is 502. The summed E-state index contributed by atoms with van der Waals surface area (Å²) in [5.74, 6) is -2.73. The van der Waals surface area contributed by atoms with E-state index in [1.807, 2.05) is 13.8 Å². The minimum atomic E-state index is -1.13. The van der Waals surface area contributed by atoms with Crippen molar-refractivity contribution in [1.82, 2.24) is 0 Å². The fourth-order valence-electron chi connectivity index (χ4n) is 1.89. The number of benzene rings is 1. The summed E-state index contributed by atoms with van der Waals surface area (Å²) in [6.45, 7) is 6.05. The average molecular weight is 270 g/mol. The van der Waals surface area contributed by atoms with Crippen molar-refractivity contribution in [2.45, 2.75) is 27.1 Å². The molecular formula is C14H16F2O3. The second-order valence-corrected chi connectivity index (χ2v) is 5.54. The van der Waals surface area contributed by atoms with E-state index in [1.54, 1.807) is 0 Å². The molecule has 0 bridgehead atoms. The molecule has 1 aromatic rings. The maximum absolute atomic E-state index is 13.5. The minimum absolute atomic E-state index is 0.113. The largest absolute Gasteiger partial charge is 0.348 e. The second kappa shape index (κ2) is 4.98. The number of rotatable bonds is 2. The van der Waals surface area contributed by atoms with Crippen LogP contribution in [0, 0.1) is 17.0 Å². The van der Waals surface area contributed by atoms with E-state index in [9.17, 15) is 13.6 Å². The quantitative estimate of drug-likeness (QED) is 0.774. The number of carbonyl (C=O) groups excluding carboxylic acids is 1. The molecule has 1 heterocycles. The molecule has 0 N–H and O–H groups in total. The van der Waals surface area contributed by atoms with Gasteiger partial charge in [0, 0.05) is 11.0 Å². The first-order chi connectivity index (χ1) is 8.80. The molecule has 0 atom stereocenters. The molecule has 0 radical (unpaired) electrons. The van der Waals surface area contributed by atoms with Gasteiger partial charge in [-0.05, 0) is 19.1 Å². The molecule has 0 spiro atoms. The molecule has 1 aliphatic heterocycles. The summed E-state index contributed by atoms with van der Waals surface area (Å²) in [5.41, 5.74) is -0.0787. The van der Waals surface area contributed by atoms with E-state index >= 15 is 0 Å².